The molecule has 3 atom stereocenters. The topological polar surface area (TPSA) is 86.5 Å². The van der Waals surface area contributed by atoms with Crippen LogP contribution >= 0.6 is 15.9 Å². The van der Waals surface area contributed by atoms with Crippen molar-refractivity contribution in [3.05, 3.63) is 81.9 Å². The first-order valence-electron chi connectivity index (χ1n) is 7.47. The highest BCUT2D eigenvalue weighted by molar-refractivity contribution is 9.10. The Hall–Kier alpha value is -2.54. The second-order valence-electron chi connectivity index (χ2n) is 5.32. The van der Waals surface area contributed by atoms with E-state index in [0.717, 1.165) is 7.11 Å². The van der Waals surface area contributed by atoms with Gasteiger partial charge >= 0.3 is 5.97 Å². The quantitative estimate of drug-likeness (QED) is 0.231. The zero-order valence-electron chi connectivity index (χ0n) is 13.4. The molecule has 0 unspecified atom stereocenters. The van der Waals surface area contributed by atoms with Crippen LogP contribution in [0, 0.1) is 16.0 Å². The summed E-state index contributed by atoms with van der Waals surface area (Å²) in [5.74, 6) is -2.55. The Morgan fingerprint density at radius 1 is 1.04 bits per heavy atom. The molecule has 25 heavy (non-hydrogen) atoms. The lowest BCUT2D eigenvalue weighted by molar-refractivity contribution is -0.536. The van der Waals surface area contributed by atoms with Crippen molar-refractivity contribution in [3.8, 4) is 0 Å². The number of alkyl halides is 1. The molecule has 0 spiro atoms. The Morgan fingerprint density at radius 3 is 2.04 bits per heavy atom. The molecule has 0 bridgehead atoms. The third-order valence-corrected chi connectivity index (χ3v) is 4.79. The van der Waals surface area contributed by atoms with Gasteiger partial charge in [-0.2, -0.15) is 0 Å². The van der Waals surface area contributed by atoms with Crippen molar-refractivity contribution in [2.24, 2.45) is 5.92 Å². The summed E-state index contributed by atoms with van der Waals surface area (Å²) in [7, 11) is 1.14. The summed E-state index contributed by atoms with van der Waals surface area (Å²) in [6, 6.07) is 15.0. The van der Waals surface area contributed by atoms with Gasteiger partial charge in [-0.1, -0.05) is 76.6 Å². The van der Waals surface area contributed by atoms with Crippen LogP contribution in [0.25, 0.3) is 0 Å². The lowest BCUT2D eigenvalue weighted by Crippen LogP contribution is -2.39. The van der Waals surface area contributed by atoms with Crippen LogP contribution in [0.4, 0.5) is 0 Å². The first kappa shape index (κ1) is 18.8. The van der Waals surface area contributed by atoms with Crippen LogP contribution < -0.4 is 0 Å². The maximum atomic E-state index is 12.7. The van der Waals surface area contributed by atoms with Crippen molar-refractivity contribution in [2.75, 3.05) is 7.11 Å². The first-order chi connectivity index (χ1) is 12.0. The summed E-state index contributed by atoms with van der Waals surface area (Å²) in [5.41, 5.74) is 0.682. The van der Waals surface area contributed by atoms with E-state index in [-0.39, 0.29) is 0 Å². The number of hydrogen-bond acceptors (Lipinski definition) is 5. The summed E-state index contributed by atoms with van der Waals surface area (Å²) in [6.45, 7) is 0. The van der Waals surface area contributed by atoms with E-state index in [9.17, 15) is 19.7 Å². The minimum Gasteiger partial charge on any atom is -0.469 e. The number of rotatable bonds is 7. The highest BCUT2D eigenvalue weighted by atomic mass is 79.9. The summed E-state index contributed by atoms with van der Waals surface area (Å²) >= 11 is 3.20. The van der Waals surface area contributed by atoms with Crippen LogP contribution in [0.1, 0.15) is 22.0 Å². The Labute approximate surface area is 153 Å². The standard InChI is InChI=1S/C18H16BrNO5/c1-25-18(22)14(15(19)17(21)13-10-6-3-7-11-13)16(20(23)24)12-8-4-2-5-9-12/h2-11,14-16H,1H3/t14-,15+,16+/m1/s1. The molecule has 0 radical (unpaired) electrons. The molecule has 0 saturated heterocycles. The van der Waals surface area contributed by atoms with Gasteiger partial charge in [-0.3, -0.25) is 19.7 Å². The van der Waals surface area contributed by atoms with Gasteiger partial charge in [0.05, 0.1) is 11.9 Å². The molecular weight excluding hydrogens is 390 g/mol. The normalized spacial score (nSPS) is 14.2. The molecule has 0 N–H and O–H groups in total. The number of carbonyl (C=O) groups is 2. The number of ether oxygens (including phenoxy) is 1. The van der Waals surface area contributed by atoms with Gasteiger partial charge in [-0.15, -0.1) is 0 Å². The molecule has 7 heteroatoms. The third kappa shape index (κ3) is 4.30. The molecule has 6 nitrogen and oxygen atoms in total. The summed E-state index contributed by atoms with van der Waals surface area (Å²) < 4.78 is 4.75. The number of halogens is 1. The number of esters is 1. The first-order valence-corrected chi connectivity index (χ1v) is 8.38. The minimum atomic E-state index is -1.41. The number of carbonyl (C=O) groups excluding carboxylic acids is 2. The van der Waals surface area contributed by atoms with E-state index in [4.69, 9.17) is 4.74 Å². The van der Waals surface area contributed by atoms with Gasteiger partial charge in [0.15, 0.2) is 5.78 Å². The molecule has 0 aliphatic rings. The molecule has 2 aromatic rings. The van der Waals surface area contributed by atoms with Crippen LogP contribution in [-0.2, 0) is 9.53 Å². The maximum absolute atomic E-state index is 12.7. The molecule has 0 fully saturated rings. The van der Waals surface area contributed by atoms with Crippen LogP contribution in [-0.4, -0.2) is 28.6 Å². The molecule has 0 aromatic heterocycles. The smallest absolute Gasteiger partial charge is 0.317 e. The summed E-state index contributed by atoms with van der Waals surface area (Å²) in [4.78, 5) is 35.0. The van der Waals surface area contributed by atoms with Gasteiger partial charge in [0.25, 0.3) is 6.04 Å². The van der Waals surface area contributed by atoms with E-state index in [1.807, 2.05) is 0 Å². The van der Waals surface area contributed by atoms with E-state index in [0.29, 0.717) is 11.1 Å². The van der Waals surface area contributed by atoms with Crippen molar-refractivity contribution >= 4 is 27.7 Å². The number of nitrogens with zero attached hydrogens (tertiary/aromatic N) is 1. The SMILES string of the molecule is COC(=O)[C@H]([C@H](Br)C(=O)c1ccccc1)[C@H](c1ccccc1)[N+](=O)[O-]. The number of benzene rings is 2. The van der Waals surface area contributed by atoms with Gasteiger partial charge in [-0.05, 0) is 0 Å². The third-order valence-electron chi connectivity index (χ3n) is 3.81. The molecular formula is C18H16BrNO5. The summed E-state index contributed by atoms with van der Waals surface area (Å²) in [5, 5.41) is 11.7. The molecule has 2 aromatic carbocycles. The van der Waals surface area contributed by atoms with Gasteiger partial charge in [0.2, 0.25) is 0 Å². The second kappa shape index (κ2) is 8.53. The number of methoxy groups -OCH3 is 1. The molecule has 2 rings (SSSR count). The van der Waals surface area contributed by atoms with Gasteiger partial charge in [0.1, 0.15) is 5.92 Å². The fourth-order valence-electron chi connectivity index (χ4n) is 2.58. The largest absolute Gasteiger partial charge is 0.469 e. The Balaban J connectivity index is 2.45. The number of nitro groups is 1. The highest BCUT2D eigenvalue weighted by Crippen LogP contribution is 2.34. The van der Waals surface area contributed by atoms with Crippen molar-refractivity contribution in [1.82, 2.24) is 0 Å². The second-order valence-corrected chi connectivity index (χ2v) is 6.31. The van der Waals surface area contributed by atoms with Crippen LogP contribution in [0.5, 0.6) is 0 Å². The lowest BCUT2D eigenvalue weighted by atomic mass is 9.87. The number of ketones is 1. The molecule has 0 amide bonds. The molecule has 0 saturated carbocycles. The van der Waals surface area contributed by atoms with Crippen LogP contribution in [0.2, 0.25) is 0 Å². The predicted octanol–water partition coefficient (Wildman–Crippen LogP) is 3.44. The molecule has 0 heterocycles. The molecule has 0 aliphatic carbocycles. The fourth-order valence-corrected chi connectivity index (χ4v) is 3.35. The van der Waals surface area contributed by atoms with E-state index in [2.05, 4.69) is 15.9 Å². The molecule has 130 valence electrons. The van der Waals surface area contributed by atoms with E-state index < -0.39 is 33.5 Å². The average Bonchev–Trinajstić information content (AvgIpc) is 2.65. The zero-order valence-corrected chi connectivity index (χ0v) is 15.0. The van der Waals surface area contributed by atoms with Crippen molar-refractivity contribution in [2.45, 2.75) is 10.9 Å². The maximum Gasteiger partial charge on any atom is 0.317 e. The Kier molecular flexibility index (Phi) is 6.41. The predicted molar refractivity (Wildman–Crippen MR) is 95.2 cm³/mol. The lowest BCUT2D eigenvalue weighted by Gasteiger charge is -2.23. The Morgan fingerprint density at radius 2 is 1.56 bits per heavy atom. The van der Waals surface area contributed by atoms with Crippen molar-refractivity contribution in [3.63, 3.8) is 0 Å². The van der Waals surface area contributed by atoms with Gasteiger partial charge in [0, 0.05) is 16.1 Å². The Bertz CT molecular complexity index is 751. The molecule has 0 aliphatic heterocycles. The monoisotopic (exact) mass is 405 g/mol. The highest BCUT2D eigenvalue weighted by Gasteiger charge is 2.46. The number of hydrogen-bond donors (Lipinski definition) is 0. The summed E-state index contributed by atoms with van der Waals surface area (Å²) in [6.07, 6.45) is 0. The van der Waals surface area contributed by atoms with Gasteiger partial charge in [-0.25, -0.2) is 0 Å². The van der Waals surface area contributed by atoms with Crippen LogP contribution in [0.3, 0.4) is 0 Å². The average molecular weight is 406 g/mol. The van der Waals surface area contributed by atoms with E-state index in [1.54, 1.807) is 60.7 Å². The van der Waals surface area contributed by atoms with Crippen molar-refractivity contribution < 1.29 is 19.2 Å². The fraction of sp³-hybridized carbons (Fsp3) is 0.222. The van der Waals surface area contributed by atoms with E-state index >= 15 is 0 Å². The van der Waals surface area contributed by atoms with Gasteiger partial charge < -0.3 is 4.74 Å². The minimum absolute atomic E-state index is 0.327. The van der Waals surface area contributed by atoms with E-state index in [1.165, 1.54) is 0 Å². The van der Waals surface area contributed by atoms with Crippen molar-refractivity contribution in [1.29, 1.82) is 0 Å². The zero-order chi connectivity index (χ0) is 18.4. The van der Waals surface area contributed by atoms with Crippen LogP contribution in [0.15, 0.2) is 60.7 Å². The number of Topliss-reactive ketones (excluding diaryl/α,β-unsaturated/α-hetero) is 1.